The summed E-state index contributed by atoms with van der Waals surface area (Å²) in [7, 11) is 3.86. The topological polar surface area (TPSA) is 65.5 Å². The predicted octanol–water partition coefficient (Wildman–Crippen LogP) is 5.76. The number of carbonyl (C=O) groups is 2. The molecule has 0 aliphatic carbocycles. The van der Waals surface area contributed by atoms with E-state index < -0.39 is 5.91 Å². The first kappa shape index (κ1) is 24.5. The Morgan fingerprint density at radius 1 is 1.06 bits per heavy atom. The van der Waals surface area contributed by atoms with Gasteiger partial charge in [-0.25, -0.2) is 4.98 Å². The molecule has 3 aromatic rings. The van der Waals surface area contributed by atoms with Crippen LogP contribution in [0.3, 0.4) is 0 Å². The van der Waals surface area contributed by atoms with Crippen molar-refractivity contribution < 1.29 is 9.59 Å². The molecule has 0 radical (unpaired) electrons. The molecule has 10 heteroatoms. The molecule has 1 atom stereocenters. The van der Waals surface area contributed by atoms with Gasteiger partial charge in [-0.1, -0.05) is 34.8 Å². The van der Waals surface area contributed by atoms with Gasteiger partial charge in [-0.15, -0.1) is 11.3 Å². The second kappa shape index (κ2) is 10.6. The lowest BCUT2D eigenvalue weighted by molar-refractivity contribution is 0.0928. The van der Waals surface area contributed by atoms with Gasteiger partial charge in [0, 0.05) is 28.0 Å². The van der Waals surface area contributed by atoms with Crippen LogP contribution in [0.25, 0.3) is 0 Å². The van der Waals surface area contributed by atoms with Crippen molar-refractivity contribution in [1.29, 1.82) is 0 Å². The van der Waals surface area contributed by atoms with Gasteiger partial charge in [0.2, 0.25) is 0 Å². The maximum absolute atomic E-state index is 13.5. The van der Waals surface area contributed by atoms with Crippen molar-refractivity contribution in [1.82, 2.24) is 15.2 Å². The highest BCUT2D eigenvalue weighted by molar-refractivity contribution is 7.14. The van der Waals surface area contributed by atoms with E-state index in [1.54, 1.807) is 41.8 Å². The maximum atomic E-state index is 13.5. The van der Waals surface area contributed by atoms with E-state index in [2.05, 4.69) is 10.3 Å². The summed E-state index contributed by atoms with van der Waals surface area (Å²) in [5, 5.41) is 6.02. The Morgan fingerprint density at radius 2 is 1.72 bits per heavy atom. The van der Waals surface area contributed by atoms with Crippen molar-refractivity contribution in [3.05, 3.63) is 74.2 Å². The van der Waals surface area contributed by atoms with E-state index in [1.165, 1.54) is 22.3 Å². The highest BCUT2D eigenvalue weighted by Crippen LogP contribution is 2.33. The summed E-state index contributed by atoms with van der Waals surface area (Å²) in [6.07, 6.45) is 0. The number of halogens is 3. The second-order valence-corrected chi connectivity index (χ2v) is 9.51. The van der Waals surface area contributed by atoms with Crippen molar-refractivity contribution in [2.45, 2.75) is 13.0 Å². The molecule has 6 nitrogen and oxygen atoms in total. The molecule has 1 aromatic heterocycles. The Labute approximate surface area is 205 Å². The van der Waals surface area contributed by atoms with Crippen LogP contribution in [0, 0.1) is 0 Å². The lowest BCUT2D eigenvalue weighted by Crippen LogP contribution is -2.39. The first-order valence-corrected chi connectivity index (χ1v) is 11.6. The average Bonchev–Trinajstić information content (AvgIpc) is 3.18. The van der Waals surface area contributed by atoms with E-state index in [1.807, 2.05) is 25.9 Å². The monoisotopic (exact) mass is 510 g/mol. The van der Waals surface area contributed by atoms with Crippen LogP contribution in [0.5, 0.6) is 0 Å². The SMILES string of the molecule is CC(CN(C)C)NC(=O)c1csc(N(C(=O)c2ccc(Cl)cc2Cl)c2ccc(Cl)cc2)n1. The minimum Gasteiger partial charge on any atom is -0.347 e. The summed E-state index contributed by atoms with van der Waals surface area (Å²) in [6, 6.07) is 11.3. The van der Waals surface area contributed by atoms with Crippen molar-refractivity contribution in [2.75, 3.05) is 25.5 Å². The van der Waals surface area contributed by atoms with E-state index in [9.17, 15) is 9.59 Å². The van der Waals surface area contributed by atoms with Crippen molar-refractivity contribution in [3.8, 4) is 0 Å². The molecule has 1 N–H and O–H groups in total. The highest BCUT2D eigenvalue weighted by atomic mass is 35.5. The molecule has 1 unspecified atom stereocenters. The van der Waals surface area contributed by atoms with Crippen LogP contribution in [0.1, 0.15) is 27.8 Å². The number of nitrogens with zero attached hydrogens (tertiary/aromatic N) is 3. The molecule has 1 heterocycles. The fraction of sp³-hybridized carbons (Fsp3) is 0.227. The third-order valence-corrected chi connectivity index (χ3v) is 6.01. The van der Waals surface area contributed by atoms with Gasteiger partial charge in [-0.05, 0) is 63.5 Å². The second-order valence-electron chi connectivity index (χ2n) is 7.39. The van der Waals surface area contributed by atoms with Crippen LogP contribution in [-0.4, -0.2) is 48.4 Å². The number of thiazole rings is 1. The third-order valence-electron chi connectivity index (χ3n) is 4.38. The molecule has 2 aromatic carbocycles. The number of benzene rings is 2. The predicted molar refractivity (Wildman–Crippen MR) is 132 cm³/mol. The molecule has 0 fully saturated rings. The van der Waals surface area contributed by atoms with E-state index in [0.717, 1.165) is 0 Å². The molecule has 32 heavy (non-hydrogen) atoms. The van der Waals surface area contributed by atoms with Crippen LogP contribution in [0.2, 0.25) is 15.1 Å². The van der Waals surface area contributed by atoms with Gasteiger partial charge in [0.05, 0.1) is 16.3 Å². The molecule has 2 amide bonds. The number of carbonyl (C=O) groups excluding carboxylic acids is 2. The maximum Gasteiger partial charge on any atom is 0.271 e. The summed E-state index contributed by atoms with van der Waals surface area (Å²) >= 11 is 19.5. The van der Waals surface area contributed by atoms with Gasteiger partial charge in [0.25, 0.3) is 11.8 Å². The molecule has 0 saturated heterocycles. The molecule has 0 aliphatic rings. The number of amides is 2. The van der Waals surface area contributed by atoms with Gasteiger partial charge in [0.1, 0.15) is 5.69 Å². The zero-order valence-electron chi connectivity index (χ0n) is 17.6. The standard InChI is InChI=1S/C22H21Cl3N4O2S/c1-13(11-28(2)3)26-20(30)19-12-32-22(27-19)29(16-7-4-14(23)5-8-16)21(31)17-9-6-15(24)10-18(17)25/h4-10,12-13H,11H2,1-3H3,(H,26,30). The minimum absolute atomic E-state index is 0.0653. The number of likely N-dealkylation sites (N-methyl/N-ethyl adjacent to an activating group) is 1. The van der Waals surface area contributed by atoms with Crippen LogP contribution >= 0.6 is 46.1 Å². The fourth-order valence-corrected chi connectivity index (χ4v) is 4.49. The van der Waals surface area contributed by atoms with Crippen LogP contribution in [0.4, 0.5) is 10.8 Å². The largest absolute Gasteiger partial charge is 0.347 e. The van der Waals surface area contributed by atoms with Gasteiger partial charge in [-0.3, -0.25) is 14.5 Å². The smallest absolute Gasteiger partial charge is 0.271 e. The first-order valence-electron chi connectivity index (χ1n) is 9.62. The van der Waals surface area contributed by atoms with E-state index in [4.69, 9.17) is 34.8 Å². The number of anilines is 2. The van der Waals surface area contributed by atoms with Gasteiger partial charge < -0.3 is 10.2 Å². The van der Waals surface area contributed by atoms with E-state index in [-0.39, 0.29) is 28.2 Å². The number of nitrogens with one attached hydrogen (secondary N) is 1. The van der Waals surface area contributed by atoms with Gasteiger partial charge in [0.15, 0.2) is 5.13 Å². The van der Waals surface area contributed by atoms with E-state index >= 15 is 0 Å². The lowest BCUT2D eigenvalue weighted by Gasteiger charge is -2.21. The summed E-state index contributed by atoms with van der Waals surface area (Å²) < 4.78 is 0. The molecule has 0 spiro atoms. The van der Waals surface area contributed by atoms with Crippen LogP contribution < -0.4 is 10.2 Å². The third kappa shape index (κ3) is 5.99. The number of aromatic nitrogens is 1. The van der Waals surface area contributed by atoms with Crippen molar-refractivity contribution in [3.63, 3.8) is 0 Å². The van der Waals surface area contributed by atoms with Crippen molar-refractivity contribution in [2.24, 2.45) is 0 Å². The van der Waals surface area contributed by atoms with Gasteiger partial charge >= 0.3 is 0 Å². The highest BCUT2D eigenvalue weighted by Gasteiger charge is 2.26. The van der Waals surface area contributed by atoms with Gasteiger partial charge in [-0.2, -0.15) is 0 Å². The zero-order chi connectivity index (χ0) is 23.4. The Hall–Kier alpha value is -2.16. The Morgan fingerprint density at radius 3 is 2.34 bits per heavy atom. The Balaban J connectivity index is 1.95. The van der Waals surface area contributed by atoms with E-state index in [0.29, 0.717) is 27.4 Å². The van der Waals surface area contributed by atoms with Crippen LogP contribution in [-0.2, 0) is 0 Å². The number of rotatable bonds is 7. The molecule has 0 saturated carbocycles. The Kier molecular flexibility index (Phi) is 8.14. The number of hydrogen-bond donors (Lipinski definition) is 1. The Bertz CT molecular complexity index is 1120. The molecular weight excluding hydrogens is 491 g/mol. The molecule has 0 aliphatic heterocycles. The summed E-state index contributed by atoms with van der Waals surface area (Å²) in [5.41, 5.74) is 1.02. The normalized spacial score (nSPS) is 12.0. The molecular formula is C22H21Cl3N4O2S. The summed E-state index contributed by atoms with van der Waals surface area (Å²) in [4.78, 5) is 33.9. The minimum atomic E-state index is -0.406. The average molecular weight is 512 g/mol. The molecule has 168 valence electrons. The fourth-order valence-electron chi connectivity index (χ4n) is 3.05. The zero-order valence-corrected chi connectivity index (χ0v) is 20.7. The summed E-state index contributed by atoms with van der Waals surface area (Å²) in [5.74, 6) is -0.717. The number of hydrogen-bond acceptors (Lipinski definition) is 5. The van der Waals surface area contributed by atoms with Crippen molar-refractivity contribution >= 4 is 68.8 Å². The molecule has 3 rings (SSSR count). The summed E-state index contributed by atoms with van der Waals surface area (Å²) in [6.45, 7) is 2.60. The van der Waals surface area contributed by atoms with Crippen LogP contribution in [0.15, 0.2) is 47.8 Å². The first-order chi connectivity index (χ1) is 15.2. The molecule has 0 bridgehead atoms. The lowest BCUT2D eigenvalue weighted by atomic mass is 10.2. The quantitative estimate of drug-likeness (QED) is 0.438.